The minimum absolute atomic E-state index is 0.0755. The predicted octanol–water partition coefficient (Wildman–Crippen LogP) is 2.89. The first kappa shape index (κ1) is 17.8. The number of aromatic amines is 1. The van der Waals surface area contributed by atoms with Crippen LogP contribution in [-0.4, -0.2) is 32.8 Å². The van der Waals surface area contributed by atoms with E-state index < -0.39 is 0 Å². The zero-order valence-corrected chi connectivity index (χ0v) is 15.3. The molecule has 0 aliphatic rings. The smallest absolute Gasteiger partial charge is 0.240 e. The van der Waals surface area contributed by atoms with E-state index >= 15 is 0 Å². The van der Waals surface area contributed by atoms with E-state index in [0.717, 1.165) is 16.9 Å². The number of carbonyl (C=O) groups is 1. The first-order valence-corrected chi connectivity index (χ1v) is 8.48. The molecule has 0 bridgehead atoms. The number of carbonyl (C=O) groups excluding carboxylic acids is 1. The molecule has 1 atom stereocenters. The number of rotatable bonds is 6. The number of hydrogen-bond acceptors (Lipinski definition) is 5. The fourth-order valence-electron chi connectivity index (χ4n) is 2.59. The Labute approximate surface area is 156 Å². The Balaban J connectivity index is 1.76. The van der Waals surface area contributed by atoms with Crippen molar-refractivity contribution in [3.63, 3.8) is 0 Å². The van der Waals surface area contributed by atoms with Crippen LogP contribution in [0.3, 0.4) is 0 Å². The summed E-state index contributed by atoms with van der Waals surface area (Å²) in [4.78, 5) is 16.5. The van der Waals surface area contributed by atoms with Crippen LogP contribution in [0.1, 0.15) is 18.5 Å². The van der Waals surface area contributed by atoms with Crippen LogP contribution < -0.4 is 10.1 Å². The molecule has 0 unspecified atom stereocenters. The van der Waals surface area contributed by atoms with Crippen molar-refractivity contribution in [3.05, 3.63) is 59.1 Å². The van der Waals surface area contributed by atoms with Gasteiger partial charge in [-0.3, -0.25) is 19.4 Å². The molecular formula is C18H19N5O2S. The molecule has 3 aromatic rings. The van der Waals surface area contributed by atoms with E-state index in [1.165, 1.54) is 0 Å². The molecule has 0 spiro atoms. The molecule has 0 aliphatic heterocycles. The minimum atomic E-state index is -0.151. The van der Waals surface area contributed by atoms with E-state index in [0.29, 0.717) is 10.6 Å². The van der Waals surface area contributed by atoms with Crippen LogP contribution in [0, 0.1) is 4.77 Å². The van der Waals surface area contributed by atoms with Gasteiger partial charge in [-0.2, -0.15) is 5.10 Å². The monoisotopic (exact) mass is 369 g/mol. The number of nitrogens with zero attached hydrogens (tertiary/aromatic N) is 3. The molecule has 1 aromatic carbocycles. The van der Waals surface area contributed by atoms with E-state index in [2.05, 4.69) is 20.5 Å². The van der Waals surface area contributed by atoms with Gasteiger partial charge in [-0.25, -0.2) is 0 Å². The van der Waals surface area contributed by atoms with Crippen LogP contribution in [0.5, 0.6) is 5.75 Å². The highest BCUT2D eigenvalue weighted by molar-refractivity contribution is 7.71. The third kappa shape index (κ3) is 3.97. The summed E-state index contributed by atoms with van der Waals surface area (Å²) in [7, 11) is 1.61. The molecule has 26 heavy (non-hydrogen) atoms. The molecule has 2 aromatic heterocycles. The van der Waals surface area contributed by atoms with E-state index in [9.17, 15) is 4.79 Å². The van der Waals surface area contributed by atoms with E-state index in [-0.39, 0.29) is 18.5 Å². The van der Waals surface area contributed by atoms with Gasteiger partial charge in [0.1, 0.15) is 12.3 Å². The molecule has 8 heteroatoms. The van der Waals surface area contributed by atoms with Gasteiger partial charge in [-0.1, -0.05) is 0 Å². The Morgan fingerprint density at radius 2 is 1.96 bits per heavy atom. The van der Waals surface area contributed by atoms with Gasteiger partial charge in [0.25, 0.3) is 0 Å². The second-order valence-corrected chi connectivity index (χ2v) is 6.12. The van der Waals surface area contributed by atoms with Crippen LogP contribution in [0.2, 0.25) is 0 Å². The predicted molar refractivity (Wildman–Crippen MR) is 100 cm³/mol. The number of pyridine rings is 1. The molecule has 0 saturated heterocycles. The SMILES string of the molecule is COc1ccc(-c2n[nH]c(=S)n2CC(=O)N[C@@H](C)c2ccncc2)cc1. The molecule has 2 N–H and O–H groups in total. The first-order chi connectivity index (χ1) is 12.6. The number of nitrogens with one attached hydrogen (secondary N) is 2. The summed E-state index contributed by atoms with van der Waals surface area (Å²) < 4.78 is 7.23. The molecule has 3 rings (SSSR count). The normalized spacial score (nSPS) is 11.8. The van der Waals surface area contributed by atoms with Gasteiger partial charge >= 0.3 is 0 Å². The Kier molecular flexibility index (Phi) is 5.43. The minimum Gasteiger partial charge on any atom is -0.497 e. The Bertz CT molecular complexity index is 934. The Morgan fingerprint density at radius 1 is 1.27 bits per heavy atom. The second-order valence-electron chi connectivity index (χ2n) is 5.74. The average Bonchev–Trinajstić information content (AvgIpc) is 3.03. The molecule has 134 valence electrons. The highest BCUT2D eigenvalue weighted by Gasteiger charge is 2.15. The topological polar surface area (TPSA) is 84.8 Å². The second kappa shape index (κ2) is 7.92. The molecule has 0 saturated carbocycles. The van der Waals surface area contributed by atoms with Gasteiger partial charge in [-0.05, 0) is 61.1 Å². The van der Waals surface area contributed by atoms with Gasteiger partial charge in [0.2, 0.25) is 5.91 Å². The van der Waals surface area contributed by atoms with E-state index in [1.54, 1.807) is 24.1 Å². The molecule has 7 nitrogen and oxygen atoms in total. The Hall–Kier alpha value is -3.00. The third-order valence-corrected chi connectivity index (χ3v) is 4.30. The molecule has 0 radical (unpaired) electrons. The average molecular weight is 369 g/mol. The zero-order valence-electron chi connectivity index (χ0n) is 14.5. The number of amides is 1. The number of benzene rings is 1. The largest absolute Gasteiger partial charge is 0.497 e. The number of methoxy groups -OCH3 is 1. The maximum Gasteiger partial charge on any atom is 0.240 e. The summed E-state index contributed by atoms with van der Waals surface area (Å²) in [5.41, 5.74) is 1.83. The number of hydrogen-bond donors (Lipinski definition) is 2. The molecular weight excluding hydrogens is 350 g/mol. The van der Waals surface area contributed by atoms with Crippen molar-refractivity contribution >= 4 is 18.1 Å². The summed E-state index contributed by atoms with van der Waals surface area (Å²) in [6.45, 7) is 2.00. The van der Waals surface area contributed by atoms with Crippen LogP contribution in [-0.2, 0) is 11.3 Å². The van der Waals surface area contributed by atoms with Gasteiger partial charge < -0.3 is 10.1 Å². The third-order valence-electron chi connectivity index (χ3n) is 3.99. The quantitative estimate of drug-likeness (QED) is 0.653. The van der Waals surface area contributed by atoms with Crippen LogP contribution in [0.25, 0.3) is 11.4 Å². The fourth-order valence-corrected chi connectivity index (χ4v) is 2.79. The summed E-state index contributed by atoms with van der Waals surface area (Å²) in [5, 5.41) is 9.96. The highest BCUT2D eigenvalue weighted by atomic mass is 32.1. The van der Waals surface area contributed by atoms with Crippen molar-refractivity contribution in [3.8, 4) is 17.1 Å². The van der Waals surface area contributed by atoms with Crippen molar-refractivity contribution < 1.29 is 9.53 Å². The lowest BCUT2D eigenvalue weighted by Gasteiger charge is -2.15. The van der Waals surface area contributed by atoms with Crippen molar-refractivity contribution in [1.29, 1.82) is 0 Å². The van der Waals surface area contributed by atoms with Crippen molar-refractivity contribution in [2.24, 2.45) is 0 Å². The zero-order chi connectivity index (χ0) is 18.5. The molecule has 2 heterocycles. The first-order valence-electron chi connectivity index (χ1n) is 8.07. The van der Waals surface area contributed by atoms with Crippen molar-refractivity contribution in [2.75, 3.05) is 7.11 Å². The van der Waals surface area contributed by atoms with Crippen molar-refractivity contribution in [1.82, 2.24) is 25.1 Å². The van der Waals surface area contributed by atoms with Crippen molar-refractivity contribution in [2.45, 2.75) is 19.5 Å². The van der Waals surface area contributed by atoms with Crippen LogP contribution in [0.4, 0.5) is 0 Å². The lowest BCUT2D eigenvalue weighted by atomic mass is 10.1. The van der Waals surface area contributed by atoms with Gasteiger partial charge in [0.05, 0.1) is 13.2 Å². The van der Waals surface area contributed by atoms with Gasteiger partial charge in [0.15, 0.2) is 10.6 Å². The summed E-state index contributed by atoms with van der Waals surface area (Å²) in [6, 6.07) is 11.0. The number of H-pyrrole nitrogens is 1. The molecule has 0 fully saturated rings. The fraction of sp³-hybridized carbons (Fsp3) is 0.222. The van der Waals surface area contributed by atoms with E-state index in [1.807, 2.05) is 43.3 Å². The maximum atomic E-state index is 12.5. The Morgan fingerprint density at radius 3 is 2.62 bits per heavy atom. The summed E-state index contributed by atoms with van der Waals surface area (Å²) in [5.74, 6) is 1.20. The molecule has 0 aliphatic carbocycles. The highest BCUT2D eigenvalue weighted by Crippen LogP contribution is 2.21. The van der Waals surface area contributed by atoms with E-state index in [4.69, 9.17) is 17.0 Å². The van der Waals surface area contributed by atoms with Gasteiger partial charge in [0, 0.05) is 18.0 Å². The number of aromatic nitrogens is 4. The standard InChI is InChI=1S/C18H19N5O2S/c1-12(13-7-9-19-10-8-13)20-16(24)11-23-17(21-22-18(23)26)14-3-5-15(25-2)6-4-14/h3-10,12H,11H2,1-2H3,(H,20,24)(H,22,26)/t12-/m0/s1. The van der Waals surface area contributed by atoms with Crippen LogP contribution >= 0.6 is 12.2 Å². The number of ether oxygens (including phenoxy) is 1. The summed E-state index contributed by atoms with van der Waals surface area (Å²) in [6.07, 6.45) is 3.40. The lowest BCUT2D eigenvalue weighted by Crippen LogP contribution is -2.30. The van der Waals surface area contributed by atoms with Gasteiger partial charge in [-0.15, -0.1) is 0 Å². The van der Waals surface area contributed by atoms with Crippen LogP contribution in [0.15, 0.2) is 48.8 Å². The summed E-state index contributed by atoms with van der Waals surface area (Å²) >= 11 is 5.28. The lowest BCUT2D eigenvalue weighted by molar-refractivity contribution is -0.122. The maximum absolute atomic E-state index is 12.5. The molecule has 1 amide bonds.